The van der Waals surface area contributed by atoms with Crippen molar-refractivity contribution in [2.75, 3.05) is 4.72 Å². The Labute approximate surface area is 172 Å². The molecule has 29 heavy (non-hydrogen) atoms. The molecule has 1 aromatic carbocycles. The van der Waals surface area contributed by atoms with Crippen molar-refractivity contribution >= 4 is 44.4 Å². The van der Waals surface area contributed by atoms with E-state index in [0.717, 1.165) is 5.39 Å². The fourth-order valence-corrected chi connectivity index (χ4v) is 4.53. The third kappa shape index (κ3) is 3.50. The van der Waals surface area contributed by atoms with Crippen molar-refractivity contribution in [3.05, 3.63) is 65.6 Å². The van der Waals surface area contributed by atoms with Gasteiger partial charge >= 0.3 is 0 Å². The monoisotopic (exact) mass is 425 g/mol. The van der Waals surface area contributed by atoms with Crippen LogP contribution in [-0.2, 0) is 15.6 Å². The van der Waals surface area contributed by atoms with Crippen LogP contribution >= 0.6 is 11.6 Å². The number of hydrogen-bond donors (Lipinski definition) is 2. The van der Waals surface area contributed by atoms with Gasteiger partial charge < -0.3 is 4.98 Å². The third-order valence-electron chi connectivity index (χ3n) is 4.78. The summed E-state index contributed by atoms with van der Waals surface area (Å²) in [5.41, 5.74) is 0.867. The molecular formula is C20H16ClN5O2S. The van der Waals surface area contributed by atoms with Crippen LogP contribution in [0.15, 0.2) is 64.8 Å². The highest BCUT2D eigenvalue weighted by molar-refractivity contribution is 7.92. The van der Waals surface area contributed by atoms with E-state index in [0.29, 0.717) is 34.8 Å². The molecule has 3 aromatic rings. The Bertz CT molecular complexity index is 1260. The summed E-state index contributed by atoms with van der Waals surface area (Å²) in [6.07, 6.45) is 9.03. The summed E-state index contributed by atoms with van der Waals surface area (Å²) in [5, 5.41) is 10.2. The van der Waals surface area contributed by atoms with Crippen molar-refractivity contribution in [2.45, 2.75) is 23.3 Å². The van der Waals surface area contributed by atoms with Gasteiger partial charge in [0.2, 0.25) is 0 Å². The van der Waals surface area contributed by atoms with Gasteiger partial charge in [-0.15, -0.1) is 0 Å². The number of nitrogens with zero attached hydrogens (tertiary/aromatic N) is 3. The number of sulfonamides is 1. The molecule has 2 aromatic heterocycles. The quantitative estimate of drug-likeness (QED) is 0.617. The summed E-state index contributed by atoms with van der Waals surface area (Å²) in [4.78, 5) is 11.8. The maximum atomic E-state index is 12.9. The first kappa shape index (κ1) is 19.2. The molecule has 0 fully saturated rings. The van der Waals surface area contributed by atoms with E-state index in [1.165, 1.54) is 12.3 Å². The zero-order valence-electron chi connectivity index (χ0n) is 15.1. The molecule has 146 valence electrons. The zero-order valence-corrected chi connectivity index (χ0v) is 16.7. The Morgan fingerprint density at radius 1 is 1.28 bits per heavy atom. The number of aliphatic imine (C=N–C) groups is 1. The van der Waals surface area contributed by atoms with Crippen LogP contribution in [-0.4, -0.2) is 24.6 Å². The molecule has 1 atom stereocenters. The van der Waals surface area contributed by atoms with Crippen LogP contribution in [0.4, 0.5) is 5.69 Å². The molecule has 1 aliphatic heterocycles. The second-order valence-corrected chi connectivity index (χ2v) is 8.66. The third-order valence-corrected chi connectivity index (χ3v) is 6.44. The van der Waals surface area contributed by atoms with Crippen LogP contribution in [0.5, 0.6) is 0 Å². The Kier molecular flexibility index (Phi) is 4.86. The number of rotatable bonds is 6. The molecule has 0 bridgehead atoms. The minimum absolute atomic E-state index is 0.0253. The molecule has 2 N–H and O–H groups in total. The number of H-pyrrole nitrogens is 1. The molecule has 4 rings (SSSR count). The lowest BCUT2D eigenvalue weighted by Gasteiger charge is -2.22. The topological polar surface area (TPSA) is 111 Å². The van der Waals surface area contributed by atoms with Gasteiger partial charge in [0.1, 0.15) is 10.4 Å². The average Bonchev–Trinajstić information content (AvgIpc) is 3.35. The van der Waals surface area contributed by atoms with E-state index in [1.807, 2.05) is 6.08 Å². The van der Waals surface area contributed by atoms with E-state index in [4.69, 9.17) is 16.9 Å². The van der Waals surface area contributed by atoms with E-state index in [2.05, 4.69) is 25.8 Å². The summed E-state index contributed by atoms with van der Waals surface area (Å²) >= 11 is 6.11. The number of hydrogen-bond acceptors (Lipinski definition) is 5. The van der Waals surface area contributed by atoms with Gasteiger partial charge in [0.15, 0.2) is 0 Å². The Morgan fingerprint density at radius 2 is 2.14 bits per heavy atom. The second kappa shape index (κ2) is 7.35. The molecule has 1 unspecified atom stereocenters. The van der Waals surface area contributed by atoms with Crippen LogP contribution in [0.1, 0.15) is 18.5 Å². The first-order valence-corrected chi connectivity index (χ1v) is 10.7. The lowest BCUT2D eigenvalue weighted by atomic mass is 9.91. The molecule has 0 spiro atoms. The lowest BCUT2D eigenvalue weighted by molar-refractivity contribution is 0.515. The van der Waals surface area contributed by atoms with Crippen LogP contribution in [0.25, 0.3) is 10.9 Å². The molecule has 0 saturated carbocycles. The average molecular weight is 426 g/mol. The van der Waals surface area contributed by atoms with E-state index < -0.39 is 15.6 Å². The number of aromatic amines is 1. The number of fused-ring (bicyclic) bond motifs is 1. The number of anilines is 1. The minimum Gasteiger partial charge on any atom is -0.358 e. The molecular weight excluding hydrogens is 410 g/mol. The molecule has 0 amide bonds. The number of aromatic nitrogens is 2. The van der Waals surface area contributed by atoms with Crippen molar-refractivity contribution in [3.63, 3.8) is 0 Å². The number of nitriles is 1. The van der Waals surface area contributed by atoms with Crippen molar-refractivity contribution < 1.29 is 8.42 Å². The summed E-state index contributed by atoms with van der Waals surface area (Å²) in [5.74, 6) is 0. The van der Waals surface area contributed by atoms with Crippen molar-refractivity contribution in [1.29, 1.82) is 5.26 Å². The number of para-hydroxylation sites is 1. The number of benzene rings is 1. The Morgan fingerprint density at radius 3 is 2.83 bits per heavy atom. The van der Waals surface area contributed by atoms with E-state index in [1.54, 1.807) is 42.8 Å². The van der Waals surface area contributed by atoms with Gasteiger partial charge in [-0.1, -0.05) is 23.7 Å². The van der Waals surface area contributed by atoms with Crippen molar-refractivity contribution in [1.82, 2.24) is 9.97 Å². The van der Waals surface area contributed by atoms with Gasteiger partial charge in [-0.2, -0.15) is 5.26 Å². The van der Waals surface area contributed by atoms with E-state index in [9.17, 15) is 8.42 Å². The van der Waals surface area contributed by atoms with Gasteiger partial charge in [0.05, 0.1) is 28.0 Å². The minimum atomic E-state index is -3.86. The maximum Gasteiger partial charge on any atom is 0.263 e. The Hall–Kier alpha value is -3.15. The van der Waals surface area contributed by atoms with Gasteiger partial charge in [0, 0.05) is 30.4 Å². The number of nitrogens with one attached hydrogen (secondary N) is 2. The van der Waals surface area contributed by atoms with Gasteiger partial charge in [-0.05, 0) is 36.8 Å². The van der Waals surface area contributed by atoms with Crippen LogP contribution in [0, 0.1) is 11.3 Å². The van der Waals surface area contributed by atoms with Crippen LogP contribution in [0.2, 0.25) is 5.02 Å². The molecule has 0 saturated heterocycles. The maximum absolute atomic E-state index is 12.9. The van der Waals surface area contributed by atoms with E-state index in [-0.39, 0.29) is 4.90 Å². The SMILES string of the molecule is N#CCCC1(c2ccc(S(=O)(=O)Nc3cccc4c(Cl)c[nH]c34)cn2)C=CC=N1. The van der Waals surface area contributed by atoms with Crippen LogP contribution in [0.3, 0.4) is 0 Å². The first-order valence-electron chi connectivity index (χ1n) is 8.80. The summed E-state index contributed by atoms with van der Waals surface area (Å²) < 4.78 is 28.3. The number of pyridine rings is 1. The highest BCUT2D eigenvalue weighted by Crippen LogP contribution is 2.34. The van der Waals surface area contributed by atoms with Gasteiger partial charge in [-0.3, -0.25) is 14.7 Å². The number of allylic oxidation sites excluding steroid dienone is 1. The van der Waals surface area contributed by atoms with Crippen molar-refractivity contribution in [3.8, 4) is 6.07 Å². The molecule has 0 aliphatic carbocycles. The highest BCUT2D eigenvalue weighted by atomic mass is 35.5. The fourth-order valence-electron chi connectivity index (χ4n) is 3.30. The van der Waals surface area contributed by atoms with Gasteiger partial charge in [-0.25, -0.2) is 8.42 Å². The summed E-state index contributed by atoms with van der Waals surface area (Å²) in [6, 6.07) is 10.4. The molecule has 0 radical (unpaired) electrons. The molecule has 7 nitrogen and oxygen atoms in total. The molecule has 1 aliphatic rings. The normalized spacial score (nSPS) is 18.2. The summed E-state index contributed by atoms with van der Waals surface area (Å²) in [7, 11) is -3.86. The largest absolute Gasteiger partial charge is 0.358 e. The smallest absolute Gasteiger partial charge is 0.263 e. The second-order valence-electron chi connectivity index (χ2n) is 6.57. The standard InChI is InChI=1S/C20H16ClN5O2S/c21-16-13-24-19-15(16)4-1-5-17(19)26-29(27,28)14-6-7-18(23-12-14)20(8-2-10-22)9-3-11-25-20/h1,3-7,9,11-13,24,26H,2,8H2. The number of halogens is 1. The predicted molar refractivity (Wildman–Crippen MR) is 113 cm³/mol. The summed E-state index contributed by atoms with van der Waals surface area (Å²) in [6.45, 7) is 0. The first-order chi connectivity index (χ1) is 14.0. The Balaban J connectivity index is 1.63. The van der Waals surface area contributed by atoms with Crippen molar-refractivity contribution in [2.24, 2.45) is 4.99 Å². The zero-order chi connectivity index (χ0) is 20.5. The van der Waals surface area contributed by atoms with E-state index >= 15 is 0 Å². The lowest BCUT2D eigenvalue weighted by Crippen LogP contribution is -2.21. The fraction of sp³-hybridized carbons (Fsp3) is 0.150. The highest BCUT2D eigenvalue weighted by Gasteiger charge is 2.31. The van der Waals surface area contributed by atoms with Gasteiger partial charge in [0.25, 0.3) is 10.0 Å². The molecule has 9 heteroatoms. The van der Waals surface area contributed by atoms with Crippen LogP contribution < -0.4 is 4.72 Å². The predicted octanol–water partition coefficient (Wildman–Crippen LogP) is 4.16. The molecule has 3 heterocycles.